The second-order valence-electron chi connectivity index (χ2n) is 10.2. The predicted octanol–water partition coefficient (Wildman–Crippen LogP) is 4.24. The fraction of sp³-hybridized carbons (Fsp3) is 0.111. The lowest BCUT2D eigenvalue weighted by atomic mass is 10.1. The summed E-state index contributed by atoms with van der Waals surface area (Å²) in [7, 11) is -9.69. The van der Waals surface area contributed by atoms with Gasteiger partial charge in [-0.3, -0.25) is 18.9 Å². The minimum Gasteiger partial charge on any atom is -0.507 e. The summed E-state index contributed by atoms with van der Waals surface area (Å²) in [6.45, 7) is 0.0613. The van der Waals surface area contributed by atoms with Gasteiger partial charge < -0.3 is 26.0 Å². The molecule has 0 saturated carbocycles. The molecule has 0 aliphatic rings. The Balaban J connectivity index is 1.70. The number of carbonyl (C=O) groups is 1. The Morgan fingerprint density at radius 1 is 0.941 bits per heavy atom. The molecule has 0 atom stereocenters. The molecule has 0 aliphatic heterocycles. The summed E-state index contributed by atoms with van der Waals surface area (Å²) in [4.78, 5) is 31.5. The summed E-state index contributed by atoms with van der Waals surface area (Å²) < 4.78 is 72.4. The number of aliphatic carboxylic acids is 1. The number of aromatic hydroxyl groups is 2. The van der Waals surface area contributed by atoms with Crippen LogP contribution >= 0.6 is 12.0 Å². The van der Waals surface area contributed by atoms with E-state index in [2.05, 4.69) is 45.2 Å². The Hall–Kier alpha value is -5.47. The molecule has 268 valence electrons. The SMILES string of the molecule is O=C(O)CCCNc1nc(Nc2cc(S(=O)(=O)O)cc3cc(SOOO)c(N=Nc4cc(S(=O)(=O)O)cc5cccc(O)c45)c(O)c23)[nH]c(=O)n1. The van der Waals surface area contributed by atoms with Crippen LogP contribution in [0.2, 0.25) is 0 Å². The standard InChI is InChI=1S/C27H23N7O14S3/c35-18-4-1-3-12-7-14(50(41,42)43)11-17(21(12)18)33-34-23-19(49-48-47-40)9-13-8-15(51(44,45)46)10-16(22(13)24(23)38)29-26-30-25(31-27(39)32-26)28-6-2-5-20(36)37/h1,3-4,7-11,35,38,40H,2,5-6H2,(H,36,37)(H,41,42,43)(H,44,45,46)(H3,28,29,30,31,32,39). The number of benzene rings is 4. The van der Waals surface area contributed by atoms with Crippen molar-refractivity contribution in [2.45, 2.75) is 27.5 Å². The van der Waals surface area contributed by atoms with Crippen molar-refractivity contribution >= 4 is 88.8 Å². The van der Waals surface area contributed by atoms with Crippen LogP contribution in [0.3, 0.4) is 0 Å². The first-order valence-corrected chi connectivity index (χ1v) is 17.5. The number of anilines is 3. The van der Waals surface area contributed by atoms with Gasteiger partial charge in [0.2, 0.25) is 11.9 Å². The van der Waals surface area contributed by atoms with Gasteiger partial charge in [-0.2, -0.15) is 26.8 Å². The molecule has 0 fully saturated rings. The highest BCUT2D eigenvalue weighted by Crippen LogP contribution is 2.48. The first-order valence-electron chi connectivity index (χ1n) is 13.9. The molecule has 0 bridgehead atoms. The van der Waals surface area contributed by atoms with Crippen LogP contribution in [0, 0.1) is 0 Å². The van der Waals surface area contributed by atoms with Gasteiger partial charge in [-0.1, -0.05) is 17.2 Å². The molecule has 5 rings (SSSR count). The smallest absolute Gasteiger partial charge is 0.351 e. The fourth-order valence-corrected chi connectivity index (χ4v) is 6.27. The summed E-state index contributed by atoms with van der Waals surface area (Å²) in [6, 6.07) is 9.04. The van der Waals surface area contributed by atoms with Crippen molar-refractivity contribution in [1.82, 2.24) is 15.0 Å². The fourth-order valence-electron chi connectivity index (χ4n) is 4.70. The van der Waals surface area contributed by atoms with Crippen molar-refractivity contribution in [3.63, 3.8) is 0 Å². The Kier molecular flexibility index (Phi) is 10.7. The zero-order valence-corrected chi connectivity index (χ0v) is 27.7. The largest absolute Gasteiger partial charge is 0.507 e. The van der Waals surface area contributed by atoms with E-state index in [4.69, 9.17) is 10.4 Å². The van der Waals surface area contributed by atoms with Crippen LogP contribution < -0.4 is 16.3 Å². The molecule has 24 heteroatoms. The van der Waals surface area contributed by atoms with Crippen molar-refractivity contribution in [1.29, 1.82) is 0 Å². The van der Waals surface area contributed by atoms with E-state index in [1.165, 1.54) is 18.2 Å². The molecule has 5 aromatic rings. The third-order valence-corrected chi connectivity index (χ3v) is 9.08. The number of carboxylic acids is 1. The number of hydrogen-bond acceptors (Lipinski definition) is 18. The average molecular weight is 766 g/mol. The van der Waals surface area contributed by atoms with E-state index < -0.39 is 53.1 Å². The van der Waals surface area contributed by atoms with Crippen LogP contribution in [0.4, 0.5) is 29.0 Å². The average Bonchev–Trinajstić information content (AvgIpc) is 3.03. The van der Waals surface area contributed by atoms with Gasteiger partial charge in [-0.05, 0) is 53.6 Å². The number of fused-ring (bicyclic) bond motifs is 2. The maximum atomic E-state index is 12.3. The van der Waals surface area contributed by atoms with E-state index in [0.29, 0.717) is 0 Å². The van der Waals surface area contributed by atoms with Crippen LogP contribution in [0.5, 0.6) is 11.5 Å². The molecule has 0 unspecified atom stereocenters. The van der Waals surface area contributed by atoms with Crippen molar-refractivity contribution in [2.75, 3.05) is 17.2 Å². The van der Waals surface area contributed by atoms with E-state index >= 15 is 0 Å². The molecule has 9 N–H and O–H groups in total. The first-order chi connectivity index (χ1) is 24.0. The molecule has 4 aromatic carbocycles. The molecule has 0 spiro atoms. The molecule has 51 heavy (non-hydrogen) atoms. The number of hydrogen-bond donors (Lipinski definition) is 9. The summed E-state index contributed by atoms with van der Waals surface area (Å²) in [6.07, 6.45) is -0.0326. The summed E-state index contributed by atoms with van der Waals surface area (Å²) >= 11 is 0.247. The maximum absolute atomic E-state index is 12.3. The van der Waals surface area contributed by atoms with Crippen molar-refractivity contribution in [2.24, 2.45) is 10.2 Å². The third kappa shape index (κ3) is 8.64. The number of nitrogens with zero attached hydrogens (tertiary/aromatic N) is 4. The van der Waals surface area contributed by atoms with Gasteiger partial charge in [0.05, 0.1) is 43.5 Å². The second-order valence-corrected chi connectivity index (χ2v) is 13.8. The quantitative estimate of drug-likeness (QED) is 0.0190. The van der Waals surface area contributed by atoms with Gasteiger partial charge in [0, 0.05) is 18.4 Å². The molecule has 0 saturated heterocycles. The zero-order chi connectivity index (χ0) is 37.1. The Morgan fingerprint density at radius 2 is 1.65 bits per heavy atom. The van der Waals surface area contributed by atoms with Gasteiger partial charge in [0.15, 0.2) is 5.75 Å². The van der Waals surface area contributed by atoms with Gasteiger partial charge in [-0.25, -0.2) is 10.1 Å². The number of phenols is 2. The zero-order valence-electron chi connectivity index (χ0n) is 25.2. The summed E-state index contributed by atoms with van der Waals surface area (Å²) in [5.41, 5.74) is -2.00. The number of carboxylic acid groups (broad SMARTS) is 1. The normalized spacial score (nSPS) is 12.1. The topological polar surface area (TPSA) is 333 Å². The minimum atomic E-state index is -4.91. The molecule has 1 aromatic heterocycles. The van der Waals surface area contributed by atoms with Crippen molar-refractivity contribution < 1.29 is 60.7 Å². The van der Waals surface area contributed by atoms with Crippen LogP contribution in [0.1, 0.15) is 12.8 Å². The minimum absolute atomic E-state index is 0.00156. The molecule has 0 aliphatic carbocycles. The molecular weight excluding hydrogens is 743 g/mol. The Bertz CT molecular complexity index is 2490. The number of nitrogens with one attached hydrogen (secondary N) is 3. The van der Waals surface area contributed by atoms with Gasteiger partial charge in [0.1, 0.15) is 11.4 Å². The molecule has 0 amide bonds. The van der Waals surface area contributed by atoms with Crippen LogP contribution in [0.25, 0.3) is 21.5 Å². The summed E-state index contributed by atoms with van der Waals surface area (Å²) in [5, 5.41) is 56.5. The number of azo groups is 1. The highest BCUT2D eigenvalue weighted by atomic mass is 32.2. The van der Waals surface area contributed by atoms with Crippen LogP contribution in [0.15, 0.2) is 78.2 Å². The first kappa shape index (κ1) is 36.8. The van der Waals surface area contributed by atoms with Crippen LogP contribution in [-0.2, 0) is 34.4 Å². The van der Waals surface area contributed by atoms with E-state index in [1.807, 2.05) is 0 Å². The Morgan fingerprint density at radius 3 is 2.33 bits per heavy atom. The third-order valence-electron chi connectivity index (χ3n) is 6.79. The van der Waals surface area contributed by atoms with E-state index in [0.717, 1.165) is 30.3 Å². The van der Waals surface area contributed by atoms with E-state index in [9.17, 15) is 45.7 Å². The lowest BCUT2D eigenvalue weighted by molar-refractivity contribution is -0.432. The Labute approximate surface area is 289 Å². The summed E-state index contributed by atoms with van der Waals surface area (Å²) in [5.74, 6) is -2.77. The molecule has 0 radical (unpaired) electrons. The van der Waals surface area contributed by atoms with Gasteiger partial charge in [-0.15, -0.1) is 14.6 Å². The number of aromatic nitrogens is 3. The van der Waals surface area contributed by atoms with E-state index in [-0.39, 0.29) is 86.9 Å². The predicted molar refractivity (Wildman–Crippen MR) is 177 cm³/mol. The molecule has 21 nitrogen and oxygen atoms in total. The highest BCUT2D eigenvalue weighted by molar-refractivity contribution is 7.94. The van der Waals surface area contributed by atoms with Crippen molar-refractivity contribution in [3.05, 3.63) is 59.0 Å². The van der Waals surface area contributed by atoms with Crippen molar-refractivity contribution in [3.8, 4) is 11.5 Å². The van der Waals surface area contributed by atoms with E-state index in [1.54, 1.807) is 0 Å². The highest BCUT2D eigenvalue weighted by Gasteiger charge is 2.23. The van der Waals surface area contributed by atoms with Gasteiger partial charge in [0.25, 0.3) is 20.2 Å². The maximum Gasteiger partial charge on any atom is 0.351 e. The van der Waals surface area contributed by atoms with Crippen LogP contribution in [-0.4, -0.2) is 74.0 Å². The number of aromatic amines is 1. The lowest BCUT2D eigenvalue weighted by Gasteiger charge is -2.15. The molecular formula is C27H23N7O14S3. The number of rotatable bonds is 14. The van der Waals surface area contributed by atoms with Gasteiger partial charge >= 0.3 is 11.7 Å². The lowest BCUT2D eigenvalue weighted by Crippen LogP contribution is -2.18. The number of phenolic OH excluding ortho intramolecular Hbond substituents is 2. The monoisotopic (exact) mass is 765 g/mol. The second kappa shape index (κ2) is 14.8. The number of H-pyrrole nitrogens is 1. The molecule has 1 heterocycles.